The fourth-order valence-corrected chi connectivity index (χ4v) is 2.28. The number of nitrogens with one attached hydrogen (secondary N) is 1. The smallest absolute Gasteiger partial charge is 0.271 e. The summed E-state index contributed by atoms with van der Waals surface area (Å²) in [7, 11) is 0. The number of rotatable bonds is 4. The monoisotopic (exact) mass is 334 g/mol. The third kappa shape index (κ3) is 4.09. The van der Waals surface area contributed by atoms with Crippen molar-refractivity contribution in [3.8, 4) is 5.75 Å². The number of carbonyl (C=O) groups excluding carboxylic acids is 1. The Labute approximate surface area is 144 Å². The summed E-state index contributed by atoms with van der Waals surface area (Å²) in [6, 6.07) is 20.9. The average molecular weight is 334 g/mol. The maximum Gasteiger partial charge on any atom is 0.271 e. The highest BCUT2D eigenvalue weighted by molar-refractivity contribution is 6.13. The lowest BCUT2D eigenvalue weighted by Crippen LogP contribution is -2.20. The number of aromatic hydroxyl groups is 1. The van der Waals surface area contributed by atoms with Crippen molar-refractivity contribution in [2.45, 2.75) is 0 Å². The zero-order valence-electron chi connectivity index (χ0n) is 13.2. The van der Waals surface area contributed by atoms with Gasteiger partial charge < -0.3 is 5.11 Å². The fourth-order valence-electron chi connectivity index (χ4n) is 2.28. The second-order valence-corrected chi connectivity index (χ2v) is 5.32. The Morgan fingerprint density at radius 2 is 1.36 bits per heavy atom. The van der Waals surface area contributed by atoms with Gasteiger partial charge in [0.05, 0.1) is 5.71 Å². The molecule has 2 N–H and O–H groups in total. The molecule has 3 rings (SSSR count). The molecule has 5 heteroatoms. The van der Waals surface area contributed by atoms with E-state index >= 15 is 0 Å². The number of amides is 1. The van der Waals surface area contributed by atoms with Gasteiger partial charge in [-0.25, -0.2) is 9.82 Å². The van der Waals surface area contributed by atoms with Gasteiger partial charge in [-0.2, -0.15) is 5.10 Å². The zero-order valence-corrected chi connectivity index (χ0v) is 13.2. The highest BCUT2D eigenvalue weighted by Gasteiger charge is 2.10. The Hall–Kier alpha value is -3.47. The van der Waals surface area contributed by atoms with Crippen LogP contribution in [0.15, 0.2) is 84.0 Å². The number of nitrogens with zero attached hydrogens (tertiary/aromatic N) is 1. The summed E-state index contributed by atoms with van der Waals surface area (Å²) in [6.07, 6.45) is 0. The standard InChI is InChI=1S/C20H15FN2O2/c21-17-10-6-14(7-11-17)19(15-8-12-18(24)13-9-15)22-23-20(25)16-4-2-1-3-5-16/h1-13,24H,(H,23,25)/b22-19+. The summed E-state index contributed by atoms with van der Waals surface area (Å²) in [4.78, 5) is 12.2. The van der Waals surface area contributed by atoms with Crippen molar-refractivity contribution in [3.63, 3.8) is 0 Å². The van der Waals surface area contributed by atoms with Crippen molar-refractivity contribution in [2.75, 3.05) is 0 Å². The van der Waals surface area contributed by atoms with Crippen molar-refractivity contribution in [2.24, 2.45) is 5.10 Å². The Morgan fingerprint density at radius 1 is 0.800 bits per heavy atom. The average Bonchev–Trinajstić information content (AvgIpc) is 2.65. The van der Waals surface area contributed by atoms with Gasteiger partial charge in [0.1, 0.15) is 11.6 Å². The van der Waals surface area contributed by atoms with Crippen molar-refractivity contribution >= 4 is 11.6 Å². The summed E-state index contributed by atoms with van der Waals surface area (Å²) >= 11 is 0. The largest absolute Gasteiger partial charge is 0.508 e. The van der Waals surface area contributed by atoms with Gasteiger partial charge in [0.2, 0.25) is 0 Å². The molecule has 0 heterocycles. The van der Waals surface area contributed by atoms with E-state index in [1.807, 2.05) is 6.07 Å². The molecule has 0 radical (unpaired) electrons. The number of phenolic OH excluding ortho intramolecular Hbond substituents is 1. The number of phenols is 1. The number of benzene rings is 3. The Bertz CT molecular complexity index is 842. The lowest BCUT2D eigenvalue weighted by atomic mass is 10.0. The summed E-state index contributed by atoms with van der Waals surface area (Å²) in [5, 5.41) is 13.7. The first-order valence-electron chi connectivity index (χ1n) is 7.62. The Kier molecular flexibility index (Phi) is 4.85. The molecule has 0 aliphatic heterocycles. The van der Waals surface area contributed by atoms with Crippen molar-refractivity contribution in [1.29, 1.82) is 0 Å². The minimum absolute atomic E-state index is 0.121. The summed E-state index contributed by atoms with van der Waals surface area (Å²) in [5.41, 5.74) is 4.78. The van der Waals surface area contributed by atoms with Crippen LogP contribution in [-0.2, 0) is 0 Å². The van der Waals surface area contributed by atoms with Gasteiger partial charge in [-0.05, 0) is 60.7 Å². The molecule has 0 unspecified atom stereocenters. The minimum atomic E-state index is -0.359. The molecule has 4 nitrogen and oxygen atoms in total. The highest BCUT2D eigenvalue weighted by Crippen LogP contribution is 2.15. The molecule has 0 fully saturated rings. The van der Waals surface area contributed by atoms with Crippen LogP contribution >= 0.6 is 0 Å². The van der Waals surface area contributed by atoms with Crippen molar-refractivity contribution in [3.05, 3.63) is 101 Å². The molecular formula is C20H15FN2O2. The molecule has 0 aromatic heterocycles. The number of carbonyl (C=O) groups is 1. The maximum atomic E-state index is 13.2. The van der Waals surface area contributed by atoms with Gasteiger partial charge in [0.25, 0.3) is 5.91 Å². The van der Waals surface area contributed by atoms with Gasteiger partial charge in [0, 0.05) is 16.7 Å². The van der Waals surface area contributed by atoms with E-state index in [9.17, 15) is 14.3 Å². The molecule has 0 saturated carbocycles. The summed E-state index contributed by atoms with van der Waals surface area (Å²) < 4.78 is 13.2. The van der Waals surface area contributed by atoms with Crippen LogP contribution in [0.4, 0.5) is 4.39 Å². The number of hydrazone groups is 1. The minimum Gasteiger partial charge on any atom is -0.508 e. The second kappa shape index (κ2) is 7.40. The van der Waals surface area contributed by atoms with E-state index in [2.05, 4.69) is 10.5 Å². The van der Waals surface area contributed by atoms with Crippen molar-refractivity contribution < 1.29 is 14.3 Å². The van der Waals surface area contributed by atoms with Crippen LogP contribution in [0.1, 0.15) is 21.5 Å². The van der Waals surface area contributed by atoms with E-state index in [0.717, 1.165) is 0 Å². The SMILES string of the molecule is O=C(N/N=C(/c1ccc(O)cc1)c1ccc(F)cc1)c1ccccc1. The lowest BCUT2D eigenvalue weighted by molar-refractivity contribution is 0.0955. The second-order valence-electron chi connectivity index (χ2n) is 5.32. The number of hydrogen-bond acceptors (Lipinski definition) is 3. The van der Waals surface area contributed by atoms with Gasteiger partial charge in [-0.1, -0.05) is 18.2 Å². The van der Waals surface area contributed by atoms with Crippen LogP contribution in [0.2, 0.25) is 0 Å². The Balaban J connectivity index is 1.94. The fraction of sp³-hybridized carbons (Fsp3) is 0. The van der Waals surface area contributed by atoms with Crippen LogP contribution in [0.3, 0.4) is 0 Å². The predicted octanol–water partition coefficient (Wildman–Crippen LogP) is 3.71. The summed E-state index contributed by atoms with van der Waals surface area (Å²) in [5.74, 6) is -0.586. The molecule has 0 aliphatic carbocycles. The first-order chi connectivity index (χ1) is 12.1. The van der Waals surface area contributed by atoms with Gasteiger partial charge in [-0.15, -0.1) is 0 Å². The van der Waals surface area contributed by atoms with Gasteiger partial charge in [-0.3, -0.25) is 4.79 Å². The van der Waals surface area contributed by atoms with E-state index in [1.54, 1.807) is 48.5 Å². The summed E-state index contributed by atoms with van der Waals surface area (Å²) in [6.45, 7) is 0. The van der Waals surface area contributed by atoms with Gasteiger partial charge in [0.15, 0.2) is 0 Å². The van der Waals surface area contributed by atoms with E-state index in [-0.39, 0.29) is 17.5 Å². The van der Waals surface area contributed by atoms with E-state index in [4.69, 9.17) is 0 Å². The number of hydrogen-bond donors (Lipinski definition) is 2. The first kappa shape index (κ1) is 16.4. The predicted molar refractivity (Wildman–Crippen MR) is 94.1 cm³/mol. The molecule has 0 spiro atoms. The quantitative estimate of drug-likeness (QED) is 0.564. The molecular weight excluding hydrogens is 319 g/mol. The van der Waals surface area contributed by atoms with E-state index < -0.39 is 0 Å². The zero-order chi connectivity index (χ0) is 17.6. The molecule has 3 aromatic rings. The van der Waals surface area contributed by atoms with Gasteiger partial charge >= 0.3 is 0 Å². The van der Waals surface area contributed by atoms with Crippen LogP contribution in [0.25, 0.3) is 0 Å². The van der Waals surface area contributed by atoms with Crippen LogP contribution in [-0.4, -0.2) is 16.7 Å². The van der Waals surface area contributed by atoms with Crippen molar-refractivity contribution in [1.82, 2.24) is 5.43 Å². The third-order valence-corrected chi connectivity index (χ3v) is 3.56. The third-order valence-electron chi connectivity index (χ3n) is 3.56. The van der Waals surface area contributed by atoms with E-state index in [0.29, 0.717) is 22.4 Å². The molecule has 1 amide bonds. The number of halogens is 1. The molecule has 0 saturated heterocycles. The van der Waals surface area contributed by atoms with Crippen LogP contribution in [0, 0.1) is 5.82 Å². The van der Waals surface area contributed by atoms with E-state index in [1.165, 1.54) is 24.3 Å². The molecule has 3 aromatic carbocycles. The Morgan fingerprint density at radius 3 is 1.96 bits per heavy atom. The molecule has 124 valence electrons. The molecule has 0 bridgehead atoms. The van der Waals surface area contributed by atoms with Crippen LogP contribution < -0.4 is 5.43 Å². The highest BCUT2D eigenvalue weighted by atomic mass is 19.1. The maximum absolute atomic E-state index is 13.2. The first-order valence-corrected chi connectivity index (χ1v) is 7.62. The normalized spacial score (nSPS) is 11.2. The topological polar surface area (TPSA) is 61.7 Å². The van der Waals surface area contributed by atoms with Crippen LogP contribution in [0.5, 0.6) is 5.75 Å². The molecule has 0 aliphatic rings. The lowest BCUT2D eigenvalue weighted by Gasteiger charge is -2.08. The molecule has 25 heavy (non-hydrogen) atoms. The molecule has 0 atom stereocenters.